The van der Waals surface area contributed by atoms with Crippen LogP contribution in [-0.2, 0) is 6.54 Å². The van der Waals surface area contributed by atoms with Crippen molar-refractivity contribution in [3.63, 3.8) is 0 Å². The Morgan fingerprint density at radius 1 is 1.14 bits per heavy atom. The van der Waals surface area contributed by atoms with Crippen LogP contribution < -0.4 is 4.74 Å². The van der Waals surface area contributed by atoms with Gasteiger partial charge in [-0.25, -0.2) is 4.58 Å². The summed E-state index contributed by atoms with van der Waals surface area (Å²) in [6, 6.07) is 8.39. The quantitative estimate of drug-likeness (QED) is 0.791. The molecule has 1 aromatic carbocycles. The van der Waals surface area contributed by atoms with Crippen molar-refractivity contribution in [1.82, 2.24) is 4.90 Å². The van der Waals surface area contributed by atoms with Gasteiger partial charge in [-0.2, -0.15) is 0 Å². The summed E-state index contributed by atoms with van der Waals surface area (Å²) in [7, 11) is 1.71. The molecule has 2 aliphatic heterocycles. The summed E-state index contributed by atoms with van der Waals surface area (Å²) in [5.74, 6) is 0.918. The van der Waals surface area contributed by atoms with Crippen molar-refractivity contribution in [2.75, 3.05) is 20.2 Å². The molecule has 0 saturated carbocycles. The average molecular weight is 299 g/mol. The number of nitrogens with zero attached hydrogens (tertiary/aromatic N) is 2. The number of ether oxygens (including phenoxy) is 1. The van der Waals surface area contributed by atoms with Gasteiger partial charge in [-0.15, -0.1) is 0 Å². The molecule has 0 radical (unpaired) electrons. The topological polar surface area (TPSA) is 15.5 Å². The van der Waals surface area contributed by atoms with Crippen molar-refractivity contribution in [3.05, 3.63) is 41.6 Å². The van der Waals surface area contributed by atoms with Crippen LogP contribution in [0.4, 0.5) is 0 Å². The Kier molecular flexibility index (Phi) is 4.23. The molecule has 3 nitrogen and oxygen atoms in total. The number of likely N-dealkylation sites (tertiary alicyclic amines) is 1. The number of hydrogen-bond acceptors (Lipinski definition) is 2. The van der Waals surface area contributed by atoms with Gasteiger partial charge in [-0.05, 0) is 37.1 Å². The second kappa shape index (κ2) is 6.15. The Labute approximate surface area is 133 Å². The highest BCUT2D eigenvalue weighted by atomic mass is 16.5. The fourth-order valence-corrected chi connectivity index (χ4v) is 3.40. The maximum absolute atomic E-state index is 5.23. The summed E-state index contributed by atoms with van der Waals surface area (Å²) < 4.78 is 7.69. The van der Waals surface area contributed by atoms with Crippen LogP contribution >= 0.6 is 0 Å². The van der Waals surface area contributed by atoms with Gasteiger partial charge in [0.25, 0.3) is 0 Å². The van der Waals surface area contributed by atoms with Crippen LogP contribution in [0.25, 0.3) is 0 Å². The minimum absolute atomic E-state index is 0.159. The van der Waals surface area contributed by atoms with E-state index in [0.717, 1.165) is 18.7 Å². The minimum atomic E-state index is 0.159. The van der Waals surface area contributed by atoms with Crippen molar-refractivity contribution < 1.29 is 9.31 Å². The maximum Gasteiger partial charge on any atom is 0.168 e. The Morgan fingerprint density at radius 2 is 1.82 bits per heavy atom. The molecule has 0 spiro atoms. The van der Waals surface area contributed by atoms with E-state index in [1.807, 2.05) is 12.1 Å². The van der Waals surface area contributed by atoms with E-state index < -0.39 is 0 Å². The van der Waals surface area contributed by atoms with Gasteiger partial charge in [0, 0.05) is 44.3 Å². The zero-order valence-electron chi connectivity index (χ0n) is 14.0. The van der Waals surface area contributed by atoms with Crippen LogP contribution in [0.5, 0.6) is 5.75 Å². The predicted octanol–water partition coefficient (Wildman–Crippen LogP) is 3.44. The van der Waals surface area contributed by atoms with Crippen molar-refractivity contribution in [2.45, 2.75) is 45.2 Å². The van der Waals surface area contributed by atoms with Crippen molar-refractivity contribution in [3.8, 4) is 5.75 Å². The molecule has 0 aromatic heterocycles. The third kappa shape index (κ3) is 3.18. The third-order valence-corrected chi connectivity index (χ3v) is 4.86. The second-order valence-corrected chi connectivity index (χ2v) is 6.97. The van der Waals surface area contributed by atoms with Crippen LogP contribution in [0, 0.1) is 0 Å². The molecule has 0 aliphatic carbocycles. The van der Waals surface area contributed by atoms with E-state index in [1.165, 1.54) is 37.2 Å². The minimum Gasteiger partial charge on any atom is -0.497 e. The molecule has 0 bridgehead atoms. The predicted molar refractivity (Wildman–Crippen MR) is 90.6 cm³/mol. The summed E-state index contributed by atoms with van der Waals surface area (Å²) in [4.78, 5) is 2.56. The van der Waals surface area contributed by atoms with E-state index >= 15 is 0 Å². The molecule has 3 rings (SSSR count). The highest BCUT2D eigenvalue weighted by Crippen LogP contribution is 2.28. The Hall–Kier alpha value is -1.77. The standard InChI is InChI=1S/C19H27N2O/c1-19(2)14-17(20-11-4-5-12-20)10-13-21(19)15-16-6-8-18(22-3)9-7-16/h6-10,13H,4-5,11-12,14-15H2,1-3H3/q+1. The molecular formula is C19H27N2O+. The summed E-state index contributed by atoms with van der Waals surface area (Å²) in [5.41, 5.74) is 2.99. The molecule has 1 aromatic rings. The van der Waals surface area contributed by atoms with Gasteiger partial charge >= 0.3 is 0 Å². The summed E-state index contributed by atoms with van der Waals surface area (Å²) in [6.45, 7) is 8.09. The lowest BCUT2D eigenvalue weighted by atomic mass is 9.93. The van der Waals surface area contributed by atoms with E-state index in [9.17, 15) is 0 Å². The molecule has 118 valence electrons. The largest absolute Gasteiger partial charge is 0.497 e. The Balaban J connectivity index is 1.76. The first-order valence-electron chi connectivity index (χ1n) is 8.27. The SMILES string of the molecule is COc1ccc(C[N+]2=CC=C(N3CCCC3)CC2(C)C)cc1. The van der Waals surface area contributed by atoms with Crippen molar-refractivity contribution >= 4 is 6.21 Å². The summed E-state index contributed by atoms with van der Waals surface area (Å²) in [5, 5.41) is 0. The first-order valence-corrected chi connectivity index (χ1v) is 8.27. The number of allylic oxidation sites excluding steroid dienone is 1. The van der Waals surface area contributed by atoms with Crippen LogP contribution in [0.2, 0.25) is 0 Å². The van der Waals surface area contributed by atoms with E-state index in [-0.39, 0.29) is 5.54 Å². The van der Waals surface area contributed by atoms with Crippen molar-refractivity contribution in [2.24, 2.45) is 0 Å². The second-order valence-electron chi connectivity index (χ2n) is 6.97. The molecule has 0 amide bonds. The number of benzene rings is 1. The molecule has 2 aliphatic rings. The molecule has 2 heterocycles. The first kappa shape index (κ1) is 15.1. The highest BCUT2D eigenvalue weighted by molar-refractivity contribution is 5.68. The smallest absolute Gasteiger partial charge is 0.168 e. The summed E-state index contributed by atoms with van der Waals surface area (Å²) >= 11 is 0. The van der Waals surface area contributed by atoms with E-state index in [4.69, 9.17) is 4.74 Å². The van der Waals surface area contributed by atoms with E-state index in [2.05, 4.69) is 47.7 Å². The lowest BCUT2D eigenvalue weighted by Gasteiger charge is -2.31. The molecule has 1 fully saturated rings. The Morgan fingerprint density at radius 3 is 2.41 bits per heavy atom. The molecule has 3 heteroatoms. The molecule has 0 atom stereocenters. The number of methoxy groups -OCH3 is 1. The van der Waals surface area contributed by atoms with Gasteiger partial charge < -0.3 is 9.64 Å². The Bertz CT molecular complexity index is 578. The van der Waals surface area contributed by atoms with Crippen LogP contribution in [0.1, 0.15) is 38.7 Å². The fraction of sp³-hybridized carbons (Fsp3) is 0.526. The lowest BCUT2D eigenvalue weighted by Crippen LogP contribution is -2.41. The molecular weight excluding hydrogens is 272 g/mol. The normalized spacial score (nSPS) is 20.6. The lowest BCUT2D eigenvalue weighted by molar-refractivity contribution is -0.612. The van der Waals surface area contributed by atoms with Crippen LogP contribution in [-0.4, -0.2) is 41.4 Å². The van der Waals surface area contributed by atoms with Gasteiger partial charge in [-0.1, -0.05) is 0 Å². The van der Waals surface area contributed by atoms with E-state index in [0.29, 0.717) is 0 Å². The van der Waals surface area contributed by atoms with E-state index in [1.54, 1.807) is 7.11 Å². The maximum atomic E-state index is 5.23. The number of hydrogen-bond donors (Lipinski definition) is 0. The molecule has 22 heavy (non-hydrogen) atoms. The van der Waals surface area contributed by atoms with Gasteiger partial charge in [0.05, 0.1) is 13.5 Å². The molecule has 0 N–H and O–H groups in total. The third-order valence-electron chi connectivity index (χ3n) is 4.86. The molecule has 1 saturated heterocycles. The van der Waals surface area contributed by atoms with Gasteiger partial charge in [-0.3, -0.25) is 0 Å². The monoisotopic (exact) mass is 299 g/mol. The zero-order chi connectivity index (χ0) is 15.6. The van der Waals surface area contributed by atoms with Crippen molar-refractivity contribution in [1.29, 1.82) is 0 Å². The van der Waals surface area contributed by atoms with Gasteiger partial charge in [0.2, 0.25) is 0 Å². The zero-order valence-corrected chi connectivity index (χ0v) is 14.0. The van der Waals surface area contributed by atoms with Crippen LogP contribution in [0.3, 0.4) is 0 Å². The van der Waals surface area contributed by atoms with Crippen LogP contribution in [0.15, 0.2) is 36.0 Å². The number of rotatable bonds is 4. The summed E-state index contributed by atoms with van der Waals surface area (Å²) in [6.07, 6.45) is 8.40. The average Bonchev–Trinajstić information content (AvgIpc) is 3.04. The molecule has 0 unspecified atom stereocenters. The fourth-order valence-electron chi connectivity index (χ4n) is 3.40. The first-order chi connectivity index (χ1) is 10.6. The highest BCUT2D eigenvalue weighted by Gasteiger charge is 2.35. The van der Waals surface area contributed by atoms with Gasteiger partial charge in [0.15, 0.2) is 18.3 Å². The van der Waals surface area contributed by atoms with Gasteiger partial charge in [0.1, 0.15) is 5.75 Å².